The zero-order valence-electron chi connectivity index (χ0n) is 12.7. The van der Waals surface area contributed by atoms with Crippen LogP contribution in [0.5, 0.6) is 0 Å². The average molecular weight is 283 g/mol. The van der Waals surface area contributed by atoms with Crippen LogP contribution in [-0.4, -0.2) is 28.7 Å². The number of fused-ring (bicyclic) bond motifs is 1. The molecule has 2 heterocycles. The second kappa shape index (κ2) is 5.72. The Hall–Kier alpha value is -2.10. The van der Waals surface area contributed by atoms with Gasteiger partial charge in [-0.05, 0) is 55.5 Å². The molecule has 2 aromatic rings. The van der Waals surface area contributed by atoms with E-state index >= 15 is 0 Å². The van der Waals surface area contributed by atoms with Crippen LogP contribution >= 0.6 is 0 Å². The van der Waals surface area contributed by atoms with Crippen LogP contribution in [0.1, 0.15) is 34.8 Å². The first kappa shape index (κ1) is 13.9. The van der Waals surface area contributed by atoms with Crippen molar-refractivity contribution in [3.05, 3.63) is 47.3 Å². The number of Topliss-reactive ketones (excluding diaryl/α,β-unsaturated/α-hetero) is 1. The van der Waals surface area contributed by atoms with E-state index in [4.69, 9.17) is 0 Å². The second-order valence-corrected chi connectivity index (χ2v) is 5.76. The number of hydrogen-bond acceptors (Lipinski definition) is 3. The number of aryl methyl sites for hydroxylation is 2. The number of anilines is 1. The minimum absolute atomic E-state index is 0.144. The first-order chi connectivity index (χ1) is 10.1. The summed E-state index contributed by atoms with van der Waals surface area (Å²) >= 11 is 0. The van der Waals surface area contributed by atoms with Crippen molar-refractivity contribution in [1.29, 1.82) is 0 Å². The van der Waals surface area contributed by atoms with Crippen molar-refractivity contribution in [1.82, 2.24) is 9.78 Å². The molecule has 1 aromatic carbocycles. The largest absolute Gasteiger partial charge is 0.371 e. The van der Waals surface area contributed by atoms with Gasteiger partial charge >= 0.3 is 0 Å². The summed E-state index contributed by atoms with van der Waals surface area (Å²) in [4.78, 5) is 13.9. The highest BCUT2D eigenvalue weighted by Gasteiger charge is 2.17. The van der Waals surface area contributed by atoms with Gasteiger partial charge in [0.1, 0.15) is 0 Å². The molecule has 0 spiro atoms. The Morgan fingerprint density at radius 1 is 1.38 bits per heavy atom. The maximum Gasteiger partial charge on any atom is 0.159 e. The van der Waals surface area contributed by atoms with E-state index in [0.717, 1.165) is 37.9 Å². The lowest BCUT2D eigenvalue weighted by molar-refractivity contribution is 0.101. The van der Waals surface area contributed by atoms with Crippen molar-refractivity contribution in [3.63, 3.8) is 0 Å². The van der Waals surface area contributed by atoms with Gasteiger partial charge in [-0.3, -0.25) is 9.48 Å². The topological polar surface area (TPSA) is 38.1 Å². The smallest absolute Gasteiger partial charge is 0.159 e. The summed E-state index contributed by atoms with van der Waals surface area (Å²) in [6.45, 7) is 3.72. The van der Waals surface area contributed by atoms with Gasteiger partial charge in [0.15, 0.2) is 5.78 Å². The van der Waals surface area contributed by atoms with Gasteiger partial charge in [0.05, 0.1) is 6.20 Å². The average Bonchev–Trinajstić information content (AvgIpc) is 2.90. The quantitative estimate of drug-likeness (QED) is 0.810. The zero-order valence-corrected chi connectivity index (χ0v) is 12.7. The molecule has 1 aromatic heterocycles. The molecule has 0 saturated carbocycles. The Morgan fingerprint density at radius 2 is 2.24 bits per heavy atom. The zero-order chi connectivity index (χ0) is 14.8. The standard InChI is InChI=1S/C17H21N3O/c1-13(21)15-5-6-17-16(10-15)4-3-8-20(17)9-7-14-11-18-19(2)12-14/h5-6,10-12H,3-4,7-9H2,1-2H3. The molecular formula is C17H21N3O. The normalized spacial score (nSPS) is 14.1. The van der Waals surface area contributed by atoms with Crippen LogP contribution in [0.15, 0.2) is 30.6 Å². The Balaban J connectivity index is 1.75. The van der Waals surface area contributed by atoms with Crippen LogP contribution in [0.25, 0.3) is 0 Å². The third kappa shape index (κ3) is 2.99. The first-order valence-corrected chi connectivity index (χ1v) is 7.50. The van der Waals surface area contributed by atoms with Gasteiger partial charge in [-0.2, -0.15) is 5.10 Å². The minimum Gasteiger partial charge on any atom is -0.371 e. The van der Waals surface area contributed by atoms with Crippen LogP contribution in [0.2, 0.25) is 0 Å². The summed E-state index contributed by atoms with van der Waals surface area (Å²) in [7, 11) is 1.95. The molecule has 0 bridgehead atoms. The van der Waals surface area contributed by atoms with Crippen molar-refractivity contribution in [2.75, 3.05) is 18.0 Å². The van der Waals surface area contributed by atoms with E-state index in [1.165, 1.54) is 16.8 Å². The summed E-state index contributed by atoms with van der Waals surface area (Å²) in [5, 5.41) is 4.22. The van der Waals surface area contributed by atoms with Crippen molar-refractivity contribution < 1.29 is 4.79 Å². The third-order valence-electron chi connectivity index (χ3n) is 4.13. The molecule has 0 amide bonds. The molecule has 0 saturated heterocycles. The minimum atomic E-state index is 0.144. The van der Waals surface area contributed by atoms with Crippen LogP contribution < -0.4 is 4.90 Å². The highest BCUT2D eigenvalue weighted by molar-refractivity contribution is 5.94. The number of hydrogen-bond donors (Lipinski definition) is 0. The number of benzene rings is 1. The number of carbonyl (C=O) groups excluding carboxylic acids is 1. The highest BCUT2D eigenvalue weighted by Crippen LogP contribution is 2.28. The predicted molar refractivity (Wildman–Crippen MR) is 83.9 cm³/mol. The third-order valence-corrected chi connectivity index (χ3v) is 4.13. The van der Waals surface area contributed by atoms with E-state index < -0.39 is 0 Å². The lowest BCUT2D eigenvalue weighted by Gasteiger charge is -2.31. The second-order valence-electron chi connectivity index (χ2n) is 5.76. The summed E-state index contributed by atoms with van der Waals surface area (Å²) in [5.74, 6) is 0.144. The number of ketones is 1. The van der Waals surface area contributed by atoms with Gasteiger partial charge in [0.2, 0.25) is 0 Å². The predicted octanol–water partition coefficient (Wildman–Crippen LogP) is 2.62. The Kier molecular flexibility index (Phi) is 3.78. The Bertz CT molecular complexity index is 660. The van der Waals surface area contributed by atoms with Gasteiger partial charge in [-0.15, -0.1) is 0 Å². The fourth-order valence-electron chi connectivity index (χ4n) is 2.99. The van der Waals surface area contributed by atoms with E-state index in [-0.39, 0.29) is 5.78 Å². The van der Waals surface area contributed by atoms with Crippen LogP contribution in [0.4, 0.5) is 5.69 Å². The summed E-state index contributed by atoms with van der Waals surface area (Å²) in [6.07, 6.45) is 7.23. The number of carbonyl (C=O) groups is 1. The van der Waals surface area contributed by atoms with Crippen molar-refractivity contribution in [3.8, 4) is 0 Å². The molecule has 0 fully saturated rings. The number of nitrogens with zero attached hydrogens (tertiary/aromatic N) is 3. The van der Waals surface area contributed by atoms with Gasteiger partial charge in [0.25, 0.3) is 0 Å². The Morgan fingerprint density at radius 3 is 2.95 bits per heavy atom. The molecule has 0 atom stereocenters. The van der Waals surface area contributed by atoms with E-state index in [1.807, 2.05) is 24.0 Å². The molecule has 3 rings (SSSR count). The SMILES string of the molecule is CC(=O)c1ccc2c(c1)CCCN2CCc1cnn(C)c1. The van der Waals surface area contributed by atoms with E-state index in [0.29, 0.717) is 0 Å². The lowest BCUT2D eigenvalue weighted by atomic mass is 9.97. The molecule has 1 aliphatic heterocycles. The molecule has 4 heteroatoms. The first-order valence-electron chi connectivity index (χ1n) is 7.50. The summed E-state index contributed by atoms with van der Waals surface area (Å²) < 4.78 is 1.85. The van der Waals surface area contributed by atoms with Crippen molar-refractivity contribution >= 4 is 11.5 Å². The molecule has 0 N–H and O–H groups in total. The molecule has 0 aliphatic carbocycles. The molecule has 1 aliphatic rings. The van der Waals surface area contributed by atoms with Gasteiger partial charge in [0, 0.05) is 37.6 Å². The van der Waals surface area contributed by atoms with Gasteiger partial charge in [-0.1, -0.05) is 0 Å². The van der Waals surface area contributed by atoms with Crippen molar-refractivity contribution in [2.45, 2.75) is 26.2 Å². The summed E-state index contributed by atoms with van der Waals surface area (Å²) in [5.41, 5.74) is 4.68. The number of aromatic nitrogens is 2. The fraction of sp³-hybridized carbons (Fsp3) is 0.412. The highest BCUT2D eigenvalue weighted by atomic mass is 16.1. The lowest BCUT2D eigenvalue weighted by Crippen LogP contribution is -2.31. The molecule has 21 heavy (non-hydrogen) atoms. The van der Waals surface area contributed by atoms with Crippen LogP contribution in [0.3, 0.4) is 0 Å². The van der Waals surface area contributed by atoms with Crippen LogP contribution in [-0.2, 0) is 19.9 Å². The molecule has 110 valence electrons. The summed E-state index contributed by atoms with van der Waals surface area (Å²) in [6, 6.07) is 6.12. The van der Waals surface area contributed by atoms with E-state index in [1.54, 1.807) is 6.92 Å². The molecule has 4 nitrogen and oxygen atoms in total. The fourth-order valence-corrected chi connectivity index (χ4v) is 2.99. The molecule has 0 unspecified atom stereocenters. The number of rotatable bonds is 4. The maximum atomic E-state index is 11.5. The van der Waals surface area contributed by atoms with E-state index in [9.17, 15) is 4.79 Å². The van der Waals surface area contributed by atoms with Crippen LogP contribution in [0, 0.1) is 0 Å². The monoisotopic (exact) mass is 283 g/mol. The van der Waals surface area contributed by atoms with Gasteiger partial charge < -0.3 is 4.90 Å². The van der Waals surface area contributed by atoms with Crippen molar-refractivity contribution in [2.24, 2.45) is 7.05 Å². The molecular weight excluding hydrogens is 262 g/mol. The van der Waals surface area contributed by atoms with Gasteiger partial charge in [-0.25, -0.2) is 0 Å². The Labute approximate surface area is 125 Å². The molecule has 0 radical (unpaired) electrons. The maximum absolute atomic E-state index is 11.5. The van der Waals surface area contributed by atoms with E-state index in [2.05, 4.69) is 28.3 Å².